The summed E-state index contributed by atoms with van der Waals surface area (Å²) in [6, 6.07) is 27.8. The van der Waals surface area contributed by atoms with E-state index in [0.29, 0.717) is 79.1 Å². The number of phenols is 1. The number of ether oxygens (including phenoxy) is 9. The summed E-state index contributed by atoms with van der Waals surface area (Å²) < 4.78 is 59.7. The fraction of sp³-hybridized carbons (Fsp3) is 0.364. The molecule has 37 nitrogen and oxygen atoms in total. The molecule has 3 aliphatic rings. The smallest absolute Gasteiger partial charge is 0.336 e. The van der Waals surface area contributed by atoms with Crippen LogP contribution in [0.1, 0.15) is 102 Å². The molecule has 9 N–H and O–H groups in total. The number of likely N-dealkylation sites (tertiary alicyclic amines) is 1. The molecule has 2 aliphatic heterocycles. The summed E-state index contributed by atoms with van der Waals surface area (Å²) in [7, 11) is 3.08. The molecule has 1 fully saturated rings. The van der Waals surface area contributed by atoms with Crippen molar-refractivity contribution in [2.75, 3.05) is 128 Å². The summed E-state index contributed by atoms with van der Waals surface area (Å²) in [5.41, 5.74) is 0.157. The van der Waals surface area contributed by atoms with Gasteiger partial charge in [0.1, 0.15) is 91.6 Å². The number of carbonyl (C=O) groups is 11. The summed E-state index contributed by atoms with van der Waals surface area (Å²) in [4.78, 5) is 159. The number of phenolic OH excluding ortho intramolecular Hbond substituents is 1. The van der Waals surface area contributed by atoms with Crippen molar-refractivity contribution in [3.63, 3.8) is 0 Å². The molecule has 10 rings (SSSR count). The lowest BCUT2D eigenvalue weighted by atomic mass is 9.84. The largest absolute Gasteiger partial charge is 0.506 e. The van der Waals surface area contributed by atoms with Crippen LogP contribution in [0.25, 0.3) is 33.4 Å². The number of aryl methyl sites for hydroxylation is 1. The molecule has 0 saturated carbocycles. The van der Waals surface area contributed by atoms with Crippen LogP contribution in [0, 0.1) is 5.41 Å². The van der Waals surface area contributed by atoms with E-state index in [4.69, 9.17) is 70.3 Å². The first-order valence-electron chi connectivity index (χ1n) is 40.1. The minimum absolute atomic E-state index is 0.0219. The number of nitrogens with one attached hydrogen (secondary N) is 3. The van der Waals surface area contributed by atoms with E-state index in [9.17, 15) is 88.2 Å². The predicted octanol–water partition coefficient (Wildman–Crippen LogP) is 9.25. The number of methoxy groups -OCH3 is 2. The number of fused-ring (bicyclic) bond motifs is 2. The van der Waals surface area contributed by atoms with Gasteiger partial charge in [-0.2, -0.15) is 0 Å². The monoisotopic (exact) mass is 1800 g/mol. The minimum Gasteiger partial charge on any atom is -0.506 e. The highest BCUT2D eigenvalue weighted by atomic mass is 35.5. The number of Topliss-reactive ketones (excluding diaryl/α,β-unsaturated/α-hetero) is 1. The number of esters is 1. The van der Waals surface area contributed by atoms with Gasteiger partial charge in [0.05, 0.1) is 107 Å². The van der Waals surface area contributed by atoms with Gasteiger partial charge in [-0.15, -0.1) is 5.10 Å². The lowest BCUT2D eigenvalue weighted by Gasteiger charge is -2.36. The third kappa shape index (κ3) is 26.7. The molecule has 0 spiro atoms. The van der Waals surface area contributed by atoms with Gasteiger partial charge in [-0.1, -0.05) is 73.5 Å². The van der Waals surface area contributed by atoms with Gasteiger partial charge in [-0.25, -0.2) is 14.3 Å². The van der Waals surface area contributed by atoms with E-state index in [1.54, 1.807) is 50.4 Å². The van der Waals surface area contributed by atoms with Crippen LogP contribution in [-0.4, -0.2) is 235 Å². The molecule has 2 atom stereocenters. The van der Waals surface area contributed by atoms with Crippen LogP contribution >= 0.6 is 23.2 Å². The van der Waals surface area contributed by atoms with Crippen LogP contribution in [0.15, 0.2) is 137 Å². The van der Waals surface area contributed by atoms with E-state index in [2.05, 4.69) is 26.3 Å². The normalized spacial score (nSPS) is 12.8. The maximum atomic E-state index is 14.3. The second-order valence-electron chi connectivity index (χ2n) is 29.7. The third-order valence-electron chi connectivity index (χ3n) is 20.4. The van der Waals surface area contributed by atoms with Gasteiger partial charge < -0.3 is 108 Å². The second kappa shape index (κ2) is 45.3. The second-order valence-corrected chi connectivity index (χ2v) is 30.6. The summed E-state index contributed by atoms with van der Waals surface area (Å²) in [5.74, 6) is -10.1. The van der Waals surface area contributed by atoms with E-state index in [1.165, 1.54) is 84.5 Å². The number of rotatable bonds is 49. The number of carboxylic acids is 5. The van der Waals surface area contributed by atoms with Gasteiger partial charge in [0, 0.05) is 64.5 Å². The molecule has 3 heterocycles. The van der Waals surface area contributed by atoms with E-state index in [1.807, 2.05) is 19.1 Å². The maximum Gasteiger partial charge on any atom is 0.336 e. The topological polar surface area (TPSA) is 499 Å². The van der Waals surface area contributed by atoms with E-state index >= 15 is 0 Å². The molecule has 0 radical (unpaired) electrons. The van der Waals surface area contributed by atoms with Crippen LogP contribution in [0.3, 0.4) is 0 Å². The average Bonchev–Trinajstić information content (AvgIpc) is 1.47. The summed E-state index contributed by atoms with van der Waals surface area (Å²) in [5, 5.41) is 76.5. The Bertz CT molecular complexity index is 5510. The van der Waals surface area contributed by atoms with E-state index in [0.717, 1.165) is 33.6 Å². The van der Waals surface area contributed by atoms with E-state index < -0.39 is 133 Å². The lowest BCUT2D eigenvalue weighted by Crippen LogP contribution is -2.53. The number of piperidine rings is 1. The number of amides is 4. The van der Waals surface area contributed by atoms with Crippen molar-refractivity contribution < 1.29 is 130 Å². The van der Waals surface area contributed by atoms with Gasteiger partial charge in [-0.3, -0.25) is 47.9 Å². The molecule has 1 saturated heterocycles. The highest BCUT2D eigenvalue weighted by molar-refractivity contribution is 6.38. The van der Waals surface area contributed by atoms with Crippen LogP contribution in [-0.2, 0) is 88.0 Å². The van der Waals surface area contributed by atoms with Gasteiger partial charge in [0.25, 0.3) is 17.7 Å². The van der Waals surface area contributed by atoms with Gasteiger partial charge in [0.2, 0.25) is 17.1 Å². The Morgan fingerprint density at radius 1 is 0.646 bits per heavy atom. The molecular weight excluding hydrogens is 1700 g/mol. The Hall–Kier alpha value is -13.6. The molecule has 7 aromatic rings. The minimum atomic E-state index is -1.44. The SMILES string of the molecule is CCC(C)(C)C(=O)C(=O)N1CCCC[C@H]1C(=O)O[C@H](CCc1ccc(OC)c(OC)c1)c1cccc(OCC(=O)NCCOCCOCCOCCn2cc(CNC(=O)Cc3ccc(N(CC(=O)O)CC(=O)O)c(OCCOc4cc(NC(=O)c5ccc(C(=O)O)c(-c6c7cc(Cl)c(=O)cc-7oc7cc(O)c(Cl)cc67)c5)ccc4N(CC(=O)O)CC(=O)O)c3)nn2)c1. The first kappa shape index (κ1) is 95.6. The number of ketones is 1. The number of halogens is 2. The number of aromatic hydroxyl groups is 1. The van der Waals surface area contributed by atoms with Gasteiger partial charge in [-0.05, 0) is 140 Å². The number of hydrogen-bond acceptors (Lipinski definition) is 27. The molecule has 0 bridgehead atoms. The van der Waals surface area contributed by atoms with Crippen LogP contribution < -0.4 is 54.9 Å². The summed E-state index contributed by atoms with van der Waals surface area (Å²) in [6.45, 7) is 2.70. The Morgan fingerprint density at radius 2 is 1.29 bits per heavy atom. The Morgan fingerprint density at radius 3 is 1.95 bits per heavy atom. The zero-order chi connectivity index (χ0) is 91.6. The number of carbonyl (C=O) groups excluding carboxylic acids is 6. The zero-order valence-corrected chi connectivity index (χ0v) is 71.4. The van der Waals surface area contributed by atoms with Crippen molar-refractivity contribution in [1.29, 1.82) is 0 Å². The summed E-state index contributed by atoms with van der Waals surface area (Å²) >= 11 is 12.7. The van der Waals surface area contributed by atoms with Crippen LogP contribution in [0.5, 0.6) is 34.5 Å². The quantitative estimate of drug-likeness (QED) is 0.00742. The number of anilines is 3. The Labute approximate surface area is 736 Å². The van der Waals surface area contributed by atoms with Crippen LogP contribution in [0.2, 0.25) is 10.0 Å². The zero-order valence-electron chi connectivity index (χ0n) is 69.9. The standard InChI is InChI=1S/C88H95Cl2N9O28/c1-6-88(2,3)83(112)85(114)99-24-8-7-12-66(99)87(117)127-69(21-14-51-15-22-70(118-4)75(34-51)119-5)53-10-9-11-57(37-53)125-50-77(103)91-23-26-120-28-30-122-31-29-121-27-25-98-45-56(94-95-98)44-92-76(102)36-52-13-19-64(96(46-78(104)105)47-79(106)107)73(35-52)123-32-33-124-74-39-55(17-20-65(74)97(48-80(108)109)49-81(110)111)93-84(113)54-16-18-58(86(115)116)59(38-54)82-60-40-62(89)67(100)42-71(60)126-72-43-68(101)63(90)41-61(72)82/h9-11,13,15-20,22,34-35,37-43,45,66,69,100H,6-8,12,14,21,23-33,36,44,46-50H2,1-5H3,(H,91,103)(H,92,102)(H,93,113)(H,104,105)(H,106,107)(H,108,109)(H,110,111)(H,115,116)/t66-,69+/m0/s1. The molecule has 1 aliphatic carbocycles. The Balaban J connectivity index is 0.675. The number of aliphatic carboxylic acids is 4. The lowest BCUT2D eigenvalue weighted by molar-refractivity contribution is -0.164. The molecule has 4 amide bonds. The predicted molar refractivity (Wildman–Crippen MR) is 458 cm³/mol. The number of aromatic carboxylic acids is 1. The molecule has 127 heavy (non-hydrogen) atoms. The summed E-state index contributed by atoms with van der Waals surface area (Å²) in [6.07, 6.45) is 3.37. The van der Waals surface area contributed by atoms with E-state index in [-0.39, 0.29) is 155 Å². The fourth-order valence-corrected chi connectivity index (χ4v) is 14.0. The number of carboxylic acid groups (broad SMARTS) is 5. The van der Waals surface area contributed by atoms with Crippen molar-refractivity contribution in [2.24, 2.45) is 5.41 Å². The number of hydrogen-bond donors (Lipinski definition) is 9. The highest BCUT2D eigenvalue weighted by Gasteiger charge is 2.42. The maximum absolute atomic E-state index is 14.3. The number of nitrogens with zero attached hydrogens (tertiary/aromatic N) is 6. The molecule has 6 aromatic carbocycles. The first-order valence-corrected chi connectivity index (χ1v) is 40.9. The number of aromatic nitrogens is 3. The first-order chi connectivity index (χ1) is 60.8. The average molecular weight is 1800 g/mol. The molecule has 1 aromatic heterocycles. The van der Waals surface area contributed by atoms with Crippen molar-refractivity contribution in [2.45, 2.75) is 91.0 Å². The van der Waals surface area contributed by atoms with Crippen molar-refractivity contribution in [3.05, 3.63) is 181 Å². The molecule has 0 unspecified atom stereocenters. The Kier molecular flexibility index (Phi) is 34.1. The molecule has 674 valence electrons. The van der Waals surface area contributed by atoms with Crippen molar-refractivity contribution >= 4 is 116 Å². The highest BCUT2D eigenvalue weighted by Crippen LogP contribution is 2.46. The molecule has 39 heteroatoms. The third-order valence-corrected chi connectivity index (χ3v) is 21.0. The van der Waals surface area contributed by atoms with Gasteiger partial charge >= 0.3 is 35.8 Å². The fourth-order valence-electron chi connectivity index (χ4n) is 13.7. The number of benzene rings is 7. The molecular formula is C88H95Cl2N9O28. The van der Waals surface area contributed by atoms with Crippen molar-refractivity contribution in [1.82, 2.24) is 30.5 Å². The van der Waals surface area contributed by atoms with Crippen LogP contribution in [0.4, 0.5) is 17.1 Å². The van der Waals surface area contributed by atoms with Crippen molar-refractivity contribution in [3.8, 4) is 56.9 Å². The van der Waals surface area contributed by atoms with Gasteiger partial charge in [0.15, 0.2) is 18.1 Å².